The quantitative estimate of drug-likeness (QED) is 0.209. The third-order valence-corrected chi connectivity index (χ3v) is 7.60. The number of primary amides is 1. The SMILES string of the molecule is NC(=O)c1cc([C@@H]2C[C@@H](n3cnc4c(NCC(c5ccccc5)c5ccccc5)nc(Cl)nc43)[C@H](O)[C@@H]2O)no1. The van der Waals surface area contributed by atoms with E-state index >= 15 is 0 Å². The van der Waals surface area contributed by atoms with E-state index in [0.29, 0.717) is 29.2 Å². The molecule has 1 amide bonds. The van der Waals surface area contributed by atoms with E-state index in [1.807, 2.05) is 36.4 Å². The van der Waals surface area contributed by atoms with E-state index in [9.17, 15) is 15.0 Å². The smallest absolute Gasteiger partial charge is 0.287 e. The van der Waals surface area contributed by atoms with Crippen molar-refractivity contribution < 1.29 is 19.5 Å². The number of nitrogens with two attached hydrogens (primary N) is 1. The number of amides is 1. The van der Waals surface area contributed by atoms with Gasteiger partial charge in [-0.3, -0.25) is 4.79 Å². The Bertz CT molecular complexity index is 1600. The molecule has 0 aliphatic heterocycles. The van der Waals surface area contributed by atoms with Gasteiger partial charge in [0.1, 0.15) is 6.10 Å². The minimum absolute atomic E-state index is 0.0138. The molecule has 1 saturated carbocycles. The third-order valence-electron chi connectivity index (χ3n) is 7.43. The molecule has 6 rings (SSSR count). The van der Waals surface area contributed by atoms with Gasteiger partial charge in [0.25, 0.3) is 5.91 Å². The van der Waals surface area contributed by atoms with E-state index in [0.717, 1.165) is 11.1 Å². The van der Waals surface area contributed by atoms with Crippen molar-refractivity contribution in [3.05, 3.63) is 101 Å². The summed E-state index contributed by atoms with van der Waals surface area (Å²) in [6, 6.07) is 21.1. The summed E-state index contributed by atoms with van der Waals surface area (Å²) < 4.78 is 6.66. The molecule has 1 aliphatic carbocycles. The molecule has 0 unspecified atom stereocenters. The first-order valence-corrected chi connectivity index (χ1v) is 13.1. The molecule has 0 spiro atoms. The van der Waals surface area contributed by atoms with Crippen molar-refractivity contribution in [1.82, 2.24) is 24.7 Å². The lowest BCUT2D eigenvalue weighted by atomic mass is 9.91. The number of fused-ring (bicyclic) bond motifs is 1. The van der Waals surface area contributed by atoms with Gasteiger partial charge in [-0.15, -0.1) is 0 Å². The number of carbonyl (C=O) groups is 1. The van der Waals surface area contributed by atoms with Crippen LogP contribution in [0.2, 0.25) is 5.28 Å². The Labute approximate surface area is 233 Å². The van der Waals surface area contributed by atoms with Crippen LogP contribution < -0.4 is 11.1 Å². The van der Waals surface area contributed by atoms with Gasteiger partial charge in [0.05, 0.1) is 24.2 Å². The van der Waals surface area contributed by atoms with Gasteiger partial charge in [-0.2, -0.15) is 9.97 Å². The molecule has 0 radical (unpaired) electrons. The predicted octanol–water partition coefficient (Wildman–Crippen LogP) is 3.26. The van der Waals surface area contributed by atoms with Crippen LogP contribution in [0, 0.1) is 0 Å². The number of rotatable bonds is 8. The summed E-state index contributed by atoms with van der Waals surface area (Å²) in [6.45, 7) is 0.518. The number of anilines is 1. The highest BCUT2D eigenvalue weighted by atomic mass is 35.5. The fraction of sp³-hybridized carbons (Fsp3) is 0.250. The molecule has 5 aromatic rings. The minimum atomic E-state index is -1.17. The second-order valence-electron chi connectivity index (χ2n) is 9.79. The first kappa shape index (κ1) is 25.9. The Balaban J connectivity index is 1.29. The first-order chi connectivity index (χ1) is 19.4. The molecule has 4 atom stereocenters. The van der Waals surface area contributed by atoms with Gasteiger partial charge < -0.3 is 30.4 Å². The van der Waals surface area contributed by atoms with E-state index in [2.05, 4.69) is 49.7 Å². The molecule has 0 bridgehead atoms. The number of benzene rings is 2. The van der Waals surface area contributed by atoms with E-state index in [-0.39, 0.29) is 23.4 Å². The number of aliphatic hydroxyl groups excluding tert-OH is 2. The van der Waals surface area contributed by atoms with Crippen molar-refractivity contribution in [3.63, 3.8) is 0 Å². The monoisotopic (exact) mass is 559 g/mol. The molecular weight excluding hydrogens is 534 g/mol. The number of nitrogens with zero attached hydrogens (tertiary/aromatic N) is 5. The number of hydrogen-bond acceptors (Lipinski definition) is 9. The van der Waals surface area contributed by atoms with E-state index in [4.69, 9.17) is 21.9 Å². The van der Waals surface area contributed by atoms with Gasteiger partial charge >= 0.3 is 0 Å². The Morgan fingerprint density at radius 2 is 1.75 bits per heavy atom. The summed E-state index contributed by atoms with van der Waals surface area (Å²) in [5.41, 5.74) is 8.77. The van der Waals surface area contributed by atoms with Crippen LogP contribution in [-0.4, -0.2) is 59.5 Å². The van der Waals surface area contributed by atoms with Crippen molar-refractivity contribution in [2.75, 3.05) is 11.9 Å². The third kappa shape index (κ3) is 4.79. The van der Waals surface area contributed by atoms with Gasteiger partial charge in [-0.05, 0) is 29.1 Å². The summed E-state index contributed by atoms with van der Waals surface area (Å²) in [4.78, 5) is 24.8. The number of hydrogen-bond donors (Lipinski definition) is 4. The minimum Gasteiger partial charge on any atom is -0.390 e. The zero-order chi connectivity index (χ0) is 27.8. The number of halogens is 1. The maximum atomic E-state index is 11.4. The normalized spacial score (nSPS) is 20.8. The first-order valence-electron chi connectivity index (χ1n) is 12.8. The maximum absolute atomic E-state index is 11.4. The molecule has 1 fully saturated rings. The highest BCUT2D eigenvalue weighted by Crippen LogP contribution is 2.42. The van der Waals surface area contributed by atoms with Gasteiger partial charge in [0.2, 0.25) is 11.0 Å². The molecule has 11 nitrogen and oxygen atoms in total. The van der Waals surface area contributed by atoms with Crippen LogP contribution in [-0.2, 0) is 0 Å². The molecule has 3 heterocycles. The van der Waals surface area contributed by atoms with Crippen molar-refractivity contribution in [3.8, 4) is 0 Å². The zero-order valence-corrected chi connectivity index (χ0v) is 21.9. The second-order valence-corrected chi connectivity index (χ2v) is 10.1. The lowest BCUT2D eigenvalue weighted by Crippen LogP contribution is -2.29. The highest BCUT2D eigenvalue weighted by molar-refractivity contribution is 6.28. The van der Waals surface area contributed by atoms with Gasteiger partial charge in [-0.25, -0.2) is 4.98 Å². The summed E-state index contributed by atoms with van der Waals surface area (Å²) in [6.07, 6.45) is -0.497. The lowest BCUT2D eigenvalue weighted by Gasteiger charge is -2.20. The predicted molar refractivity (Wildman–Crippen MR) is 147 cm³/mol. The number of imidazole rings is 1. The fourth-order valence-corrected chi connectivity index (χ4v) is 5.58. The zero-order valence-electron chi connectivity index (χ0n) is 21.1. The Kier molecular flexibility index (Phi) is 6.93. The molecule has 3 aromatic heterocycles. The van der Waals surface area contributed by atoms with E-state index < -0.39 is 30.1 Å². The number of carbonyl (C=O) groups excluding carboxylic acids is 1. The summed E-state index contributed by atoms with van der Waals surface area (Å²) in [5.74, 6) is -0.988. The molecule has 12 heteroatoms. The standard InChI is InChI=1S/C28H26ClN7O4/c29-28-33-26(31-13-18(15-7-3-1-4-8-15)16-9-5-2-6-10-16)22-27(34-28)36(14-32-22)20-11-17(23(37)24(20)38)19-12-21(25(30)39)40-35-19/h1-10,12,14,17-18,20,23-24,37-38H,11,13H2,(H2,30,39)(H,31,33,34)/t17-,20+,23+,24-/m0/s1. The van der Waals surface area contributed by atoms with Crippen LogP contribution in [0.3, 0.4) is 0 Å². The lowest BCUT2D eigenvalue weighted by molar-refractivity contribution is 0.0171. The summed E-state index contributed by atoms with van der Waals surface area (Å²) in [7, 11) is 0. The van der Waals surface area contributed by atoms with Gasteiger partial charge in [-0.1, -0.05) is 65.8 Å². The van der Waals surface area contributed by atoms with Crippen LogP contribution in [0.25, 0.3) is 11.2 Å². The van der Waals surface area contributed by atoms with E-state index in [1.165, 1.54) is 6.07 Å². The van der Waals surface area contributed by atoms with Crippen molar-refractivity contribution >= 4 is 34.5 Å². The summed E-state index contributed by atoms with van der Waals surface area (Å²) in [5, 5.41) is 29.1. The topological polar surface area (TPSA) is 165 Å². The van der Waals surface area contributed by atoms with Gasteiger partial charge in [0, 0.05) is 24.4 Å². The van der Waals surface area contributed by atoms with Crippen molar-refractivity contribution in [2.24, 2.45) is 5.73 Å². The van der Waals surface area contributed by atoms with Gasteiger partial charge in [0.15, 0.2) is 17.0 Å². The Morgan fingerprint density at radius 3 is 2.38 bits per heavy atom. The maximum Gasteiger partial charge on any atom is 0.287 e. The average Bonchev–Trinajstić information content (AvgIpc) is 3.68. The Morgan fingerprint density at radius 1 is 1.07 bits per heavy atom. The van der Waals surface area contributed by atoms with Crippen LogP contribution in [0.1, 0.15) is 51.7 Å². The number of nitrogens with one attached hydrogen (secondary N) is 1. The van der Waals surface area contributed by atoms with Crippen molar-refractivity contribution in [2.45, 2.75) is 36.5 Å². The number of aromatic nitrogens is 5. The van der Waals surface area contributed by atoms with Crippen LogP contribution in [0.4, 0.5) is 5.82 Å². The average molecular weight is 560 g/mol. The van der Waals surface area contributed by atoms with Crippen LogP contribution in [0.15, 0.2) is 77.6 Å². The molecule has 40 heavy (non-hydrogen) atoms. The largest absolute Gasteiger partial charge is 0.390 e. The molecule has 1 aliphatic rings. The van der Waals surface area contributed by atoms with Crippen molar-refractivity contribution in [1.29, 1.82) is 0 Å². The second kappa shape index (κ2) is 10.7. The molecule has 5 N–H and O–H groups in total. The molecular formula is C28H26ClN7O4. The van der Waals surface area contributed by atoms with E-state index in [1.54, 1.807) is 10.9 Å². The number of aliphatic hydroxyl groups is 2. The Hall–Kier alpha value is -4.32. The molecule has 2 aromatic carbocycles. The van der Waals surface area contributed by atoms with Crippen LogP contribution >= 0.6 is 11.6 Å². The molecule has 0 saturated heterocycles. The molecule has 204 valence electrons. The highest BCUT2D eigenvalue weighted by Gasteiger charge is 2.45. The van der Waals surface area contributed by atoms with Crippen LogP contribution in [0.5, 0.6) is 0 Å². The fourth-order valence-electron chi connectivity index (χ4n) is 5.41. The summed E-state index contributed by atoms with van der Waals surface area (Å²) >= 11 is 6.35.